The maximum absolute atomic E-state index is 12.9. The zero-order chi connectivity index (χ0) is 12.3. The summed E-state index contributed by atoms with van der Waals surface area (Å²) in [6, 6.07) is 8.96. The summed E-state index contributed by atoms with van der Waals surface area (Å²) in [4.78, 5) is 0. The molecular weight excluding hydrogens is 243 g/mol. The summed E-state index contributed by atoms with van der Waals surface area (Å²) in [5.74, 6) is -0.00308. The fourth-order valence-electron chi connectivity index (χ4n) is 1.38. The van der Waals surface area contributed by atoms with Crippen LogP contribution in [0, 0.1) is 17.1 Å². The maximum atomic E-state index is 12.9. The molecule has 0 aliphatic carbocycles. The average molecular weight is 251 g/mol. The molecule has 0 aliphatic heterocycles. The van der Waals surface area contributed by atoms with Crippen molar-refractivity contribution >= 4 is 17.3 Å². The highest BCUT2D eigenvalue weighted by Gasteiger charge is 2.13. The lowest BCUT2D eigenvalue weighted by atomic mass is 10.2. The van der Waals surface area contributed by atoms with Crippen molar-refractivity contribution in [1.29, 1.82) is 5.26 Å². The minimum Gasteiger partial charge on any atom is -0.466 e. The minimum atomic E-state index is -0.633. The zero-order valence-corrected chi connectivity index (χ0v) is 9.41. The number of halogens is 2. The summed E-state index contributed by atoms with van der Waals surface area (Å²) in [5.41, 5.74) is 0.555. The molecule has 5 heteroatoms. The number of nitriles is 1. The van der Waals surface area contributed by atoms with Crippen LogP contribution >= 0.6 is 11.6 Å². The molecule has 0 saturated heterocycles. The summed E-state index contributed by atoms with van der Waals surface area (Å²) < 4.78 is 18.1. The van der Waals surface area contributed by atoms with Crippen LogP contribution in [0.3, 0.4) is 0 Å². The SMILES string of the molecule is N#CC(Nc1ccc(F)c(Cl)c1)c1ccco1. The van der Waals surface area contributed by atoms with Gasteiger partial charge in [0, 0.05) is 5.69 Å². The average Bonchev–Trinajstić information content (AvgIpc) is 2.84. The van der Waals surface area contributed by atoms with E-state index in [2.05, 4.69) is 5.32 Å². The van der Waals surface area contributed by atoms with Crippen LogP contribution in [0.4, 0.5) is 10.1 Å². The molecule has 1 N–H and O–H groups in total. The van der Waals surface area contributed by atoms with E-state index in [4.69, 9.17) is 21.3 Å². The molecule has 86 valence electrons. The number of furan rings is 1. The monoisotopic (exact) mass is 250 g/mol. The van der Waals surface area contributed by atoms with Gasteiger partial charge < -0.3 is 9.73 Å². The fraction of sp³-hybridized carbons (Fsp3) is 0.0833. The predicted molar refractivity (Wildman–Crippen MR) is 62.1 cm³/mol. The van der Waals surface area contributed by atoms with E-state index in [9.17, 15) is 4.39 Å². The van der Waals surface area contributed by atoms with Crippen molar-refractivity contribution in [2.24, 2.45) is 0 Å². The van der Waals surface area contributed by atoms with Crippen LogP contribution in [0.5, 0.6) is 0 Å². The molecule has 3 nitrogen and oxygen atoms in total. The molecular formula is C12H8ClFN2O. The fourth-order valence-corrected chi connectivity index (χ4v) is 1.56. The second-order valence-corrected chi connectivity index (χ2v) is 3.76. The second kappa shape index (κ2) is 4.89. The van der Waals surface area contributed by atoms with Crippen LogP contribution < -0.4 is 5.32 Å². The van der Waals surface area contributed by atoms with Crippen LogP contribution in [-0.4, -0.2) is 0 Å². The lowest BCUT2D eigenvalue weighted by molar-refractivity contribution is 0.505. The molecule has 0 saturated carbocycles. The lowest BCUT2D eigenvalue weighted by Gasteiger charge is -2.10. The molecule has 1 aromatic heterocycles. The van der Waals surface area contributed by atoms with Gasteiger partial charge in [0.15, 0.2) is 6.04 Å². The maximum Gasteiger partial charge on any atom is 0.173 e. The Kier molecular flexibility index (Phi) is 3.31. The third-order valence-corrected chi connectivity index (χ3v) is 2.48. The van der Waals surface area contributed by atoms with Gasteiger partial charge in [0.1, 0.15) is 11.6 Å². The molecule has 0 spiro atoms. The summed E-state index contributed by atoms with van der Waals surface area (Å²) in [6.45, 7) is 0. The number of benzene rings is 1. The van der Waals surface area contributed by atoms with Gasteiger partial charge in [-0.3, -0.25) is 0 Å². The van der Waals surface area contributed by atoms with Gasteiger partial charge in [-0.2, -0.15) is 5.26 Å². The molecule has 0 amide bonds. The molecule has 1 unspecified atom stereocenters. The Hall–Kier alpha value is -1.99. The van der Waals surface area contributed by atoms with Gasteiger partial charge in [-0.1, -0.05) is 11.6 Å². The van der Waals surface area contributed by atoms with Gasteiger partial charge in [-0.25, -0.2) is 4.39 Å². The van der Waals surface area contributed by atoms with E-state index in [1.165, 1.54) is 24.5 Å². The summed E-state index contributed by atoms with van der Waals surface area (Å²) >= 11 is 5.64. The first-order valence-electron chi connectivity index (χ1n) is 4.85. The third-order valence-electron chi connectivity index (χ3n) is 2.19. The number of anilines is 1. The van der Waals surface area contributed by atoms with Crippen LogP contribution in [-0.2, 0) is 0 Å². The molecule has 0 aliphatic rings. The number of nitrogens with one attached hydrogen (secondary N) is 1. The van der Waals surface area contributed by atoms with Gasteiger partial charge in [-0.05, 0) is 30.3 Å². The Labute approximate surface area is 102 Å². The highest BCUT2D eigenvalue weighted by molar-refractivity contribution is 6.31. The molecule has 1 aromatic carbocycles. The largest absolute Gasteiger partial charge is 0.466 e. The molecule has 0 radical (unpaired) electrons. The topological polar surface area (TPSA) is 49.0 Å². The number of hydrogen-bond donors (Lipinski definition) is 1. The summed E-state index contributed by atoms with van der Waals surface area (Å²) in [7, 11) is 0. The van der Waals surface area contributed by atoms with Crippen molar-refractivity contribution < 1.29 is 8.81 Å². The normalized spacial score (nSPS) is 11.8. The van der Waals surface area contributed by atoms with Gasteiger partial charge in [0.25, 0.3) is 0 Å². The predicted octanol–water partition coefficient (Wildman–Crippen LogP) is 3.75. The van der Waals surface area contributed by atoms with Crippen molar-refractivity contribution in [3.05, 3.63) is 53.2 Å². The molecule has 0 bridgehead atoms. The van der Waals surface area contributed by atoms with E-state index < -0.39 is 11.9 Å². The van der Waals surface area contributed by atoms with Gasteiger partial charge >= 0.3 is 0 Å². The van der Waals surface area contributed by atoms with E-state index in [0.29, 0.717) is 11.4 Å². The Morgan fingerprint density at radius 1 is 1.41 bits per heavy atom. The Balaban J connectivity index is 2.20. The first kappa shape index (κ1) is 11.5. The third kappa shape index (κ3) is 2.58. The Bertz CT molecular complexity index is 548. The lowest BCUT2D eigenvalue weighted by Crippen LogP contribution is -2.07. The first-order chi connectivity index (χ1) is 8.20. The highest BCUT2D eigenvalue weighted by Crippen LogP contribution is 2.23. The standard InChI is InChI=1S/C12H8ClFN2O/c13-9-6-8(3-4-10(9)14)16-11(7-15)12-2-1-5-17-12/h1-6,11,16H. The molecule has 0 fully saturated rings. The minimum absolute atomic E-state index is 0.00568. The summed E-state index contributed by atoms with van der Waals surface area (Å²) in [5, 5.41) is 11.9. The first-order valence-corrected chi connectivity index (χ1v) is 5.23. The molecule has 17 heavy (non-hydrogen) atoms. The molecule has 1 atom stereocenters. The van der Waals surface area contributed by atoms with Crippen molar-refractivity contribution in [2.75, 3.05) is 5.32 Å². The van der Waals surface area contributed by atoms with Crippen LogP contribution in [0.15, 0.2) is 41.0 Å². The molecule has 2 aromatic rings. The van der Waals surface area contributed by atoms with E-state index in [1.54, 1.807) is 12.1 Å². The quantitative estimate of drug-likeness (QED) is 0.903. The van der Waals surface area contributed by atoms with Crippen molar-refractivity contribution in [3.63, 3.8) is 0 Å². The van der Waals surface area contributed by atoms with Crippen LogP contribution in [0.2, 0.25) is 5.02 Å². The zero-order valence-electron chi connectivity index (χ0n) is 8.65. The van der Waals surface area contributed by atoms with Gasteiger partial charge in [0.2, 0.25) is 0 Å². The summed E-state index contributed by atoms with van der Waals surface area (Å²) in [6.07, 6.45) is 1.49. The van der Waals surface area contributed by atoms with E-state index in [0.717, 1.165) is 0 Å². The van der Waals surface area contributed by atoms with E-state index >= 15 is 0 Å². The molecule has 1 heterocycles. The van der Waals surface area contributed by atoms with Crippen molar-refractivity contribution in [2.45, 2.75) is 6.04 Å². The number of nitrogens with zero attached hydrogens (tertiary/aromatic N) is 1. The molecule has 2 rings (SSSR count). The Morgan fingerprint density at radius 3 is 2.82 bits per heavy atom. The van der Waals surface area contributed by atoms with E-state index in [-0.39, 0.29) is 5.02 Å². The van der Waals surface area contributed by atoms with Crippen molar-refractivity contribution in [3.8, 4) is 6.07 Å². The van der Waals surface area contributed by atoms with Crippen molar-refractivity contribution in [1.82, 2.24) is 0 Å². The van der Waals surface area contributed by atoms with Gasteiger partial charge in [-0.15, -0.1) is 0 Å². The highest BCUT2D eigenvalue weighted by atomic mass is 35.5. The van der Waals surface area contributed by atoms with Crippen LogP contribution in [0.1, 0.15) is 11.8 Å². The smallest absolute Gasteiger partial charge is 0.173 e. The van der Waals surface area contributed by atoms with Gasteiger partial charge in [0.05, 0.1) is 17.4 Å². The second-order valence-electron chi connectivity index (χ2n) is 3.35. The number of hydrogen-bond acceptors (Lipinski definition) is 3. The van der Waals surface area contributed by atoms with E-state index in [1.807, 2.05) is 6.07 Å². The Morgan fingerprint density at radius 2 is 2.24 bits per heavy atom. The number of rotatable bonds is 3. The van der Waals surface area contributed by atoms with Crippen LogP contribution in [0.25, 0.3) is 0 Å².